The number of para-hydroxylation sites is 2. The molecule has 1 aromatic carbocycles. The van der Waals surface area contributed by atoms with Gasteiger partial charge in [-0.05, 0) is 31.9 Å². The Hall–Kier alpha value is -1.71. The highest BCUT2D eigenvalue weighted by atomic mass is 16.5. The van der Waals surface area contributed by atoms with E-state index in [1.807, 2.05) is 38.1 Å². The Labute approximate surface area is 115 Å². The van der Waals surface area contributed by atoms with Gasteiger partial charge in [-0.3, -0.25) is 4.79 Å². The molecule has 0 radical (unpaired) electrons. The van der Waals surface area contributed by atoms with Crippen molar-refractivity contribution in [3.05, 3.63) is 24.3 Å². The predicted molar refractivity (Wildman–Crippen MR) is 75.6 cm³/mol. The zero-order valence-electron chi connectivity index (χ0n) is 11.8. The molecule has 0 aliphatic heterocycles. The van der Waals surface area contributed by atoms with Gasteiger partial charge >= 0.3 is 0 Å². The van der Waals surface area contributed by atoms with Crippen LogP contribution in [0, 0.1) is 0 Å². The molecule has 1 N–H and O–H groups in total. The summed E-state index contributed by atoms with van der Waals surface area (Å²) in [6, 6.07) is 7.58. The third-order valence-corrected chi connectivity index (χ3v) is 2.53. The number of ether oxygens (including phenoxy) is 2. The molecule has 0 bridgehead atoms. The summed E-state index contributed by atoms with van der Waals surface area (Å²) in [5, 5.41) is 2.84. The maximum atomic E-state index is 11.4. The minimum Gasteiger partial charge on any atom is -0.490 e. The molecule has 0 aliphatic carbocycles. The SMILES string of the molecule is CCCNC(=O)CCCOc1ccccc1OCC. The molecule has 0 heterocycles. The molecule has 106 valence electrons. The largest absolute Gasteiger partial charge is 0.490 e. The van der Waals surface area contributed by atoms with Gasteiger partial charge in [-0.1, -0.05) is 19.1 Å². The van der Waals surface area contributed by atoms with Crippen LogP contribution in [0.3, 0.4) is 0 Å². The molecule has 0 aliphatic rings. The standard InChI is InChI=1S/C15H23NO3/c1-3-11-16-15(17)10-7-12-19-14-9-6-5-8-13(14)18-4-2/h5-6,8-9H,3-4,7,10-12H2,1-2H3,(H,16,17). The number of carbonyl (C=O) groups excluding carboxylic acids is 1. The van der Waals surface area contributed by atoms with E-state index in [4.69, 9.17) is 9.47 Å². The van der Waals surface area contributed by atoms with Gasteiger partial charge in [-0.25, -0.2) is 0 Å². The van der Waals surface area contributed by atoms with Gasteiger partial charge in [0.1, 0.15) is 0 Å². The summed E-state index contributed by atoms with van der Waals surface area (Å²) in [4.78, 5) is 11.4. The van der Waals surface area contributed by atoms with Gasteiger partial charge in [0, 0.05) is 13.0 Å². The number of hydrogen-bond donors (Lipinski definition) is 1. The summed E-state index contributed by atoms with van der Waals surface area (Å²) in [5.41, 5.74) is 0. The van der Waals surface area contributed by atoms with Crippen molar-refractivity contribution in [1.29, 1.82) is 0 Å². The summed E-state index contributed by atoms with van der Waals surface area (Å²) < 4.78 is 11.1. The van der Waals surface area contributed by atoms with Crippen LogP contribution >= 0.6 is 0 Å². The van der Waals surface area contributed by atoms with Crippen molar-refractivity contribution in [3.8, 4) is 11.5 Å². The van der Waals surface area contributed by atoms with Crippen molar-refractivity contribution in [3.63, 3.8) is 0 Å². The second-order valence-electron chi connectivity index (χ2n) is 4.18. The Bertz CT molecular complexity index is 379. The van der Waals surface area contributed by atoms with Crippen LogP contribution in [0.1, 0.15) is 33.1 Å². The average molecular weight is 265 g/mol. The first kappa shape index (κ1) is 15.3. The fourth-order valence-electron chi connectivity index (χ4n) is 1.61. The van der Waals surface area contributed by atoms with Crippen molar-refractivity contribution in [2.75, 3.05) is 19.8 Å². The molecular weight excluding hydrogens is 242 g/mol. The van der Waals surface area contributed by atoms with Gasteiger partial charge in [0.15, 0.2) is 11.5 Å². The maximum absolute atomic E-state index is 11.4. The third-order valence-electron chi connectivity index (χ3n) is 2.53. The monoisotopic (exact) mass is 265 g/mol. The molecule has 0 aromatic heterocycles. The molecule has 19 heavy (non-hydrogen) atoms. The Morgan fingerprint density at radius 2 is 1.84 bits per heavy atom. The number of nitrogens with one attached hydrogen (secondary N) is 1. The third kappa shape index (κ3) is 6.13. The molecule has 0 saturated heterocycles. The van der Waals surface area contributed by atoms with Gasteiger partial charge < -0.3 is 14.8 Å². The first-order valence-electron chi connectivity index (χ1n) is 6.89. The molecule has 1 amide bonds. The van der Waals surface area contributed by atoms with Crippen LogP contribution in [0.15, 0.2) is 24.3 Å². The first-order valence-corrected chi connectivity index (χ1v) is 6.89. The Kier molecular flexibility index (Phi) is 7.47. The smallest absolute Gasteiger partial charge is 0.220 e. The van der Waals surface area contributed by atoms with Crippen LogP contribution < -0.4 is 14.8 Å². The fourth-order valence-corrected chi connectivity index (χ4v) is 1.61. The number of carbonyl (C=O) groups is 1. The summed E-state index contributed by atoms with van der Waals surface area (Å²) in [5.74, 6) is 1.57. The second kappa shape index (κ2) is 9.25. The number of amides is 1. The lowest BCUT2D eigenvalue weighted by Crippen LogP contribution is -2.24. The van der Waals surface area contributed by atoms with Crippen LogP contribution in [-0.4, -0.2) is 25.7 Å². The van der Waals surface area contributed by atoms with E-state index in [1.165, 1.54) is 0 Å². The van der Waals surface area contributed by atoms with E-state index in [2.05, 4.69) is 5.32 Å². The minimum absolute atomic E-state index is 0.0866. The second-order valence-corrected chi connectivity index (χ2v) is 4.18. The number of hydrogen-bond acceptors (Lipinski definition) is 3. The van der Waals surface area contributed by atoms with E-state index in [9.17, 15) is 4.79 Å². The summed E-state index contributed by atoms with van der Waals surface area (Å²) in [7, 11) is 0. The zero-order valence-corrected chi connectivity index (χ0v) is 11.8. The maximum Gasteiger partial charge on any atom is 0.220 e. The van der Waals surface area contributed by atoms with E-state index in [0.717, 1.165) is 24.5 Å². The molecule has 0 atom stereocenters. The van der Waals surface area contributed by atoms with Crippen molar-refractivity contribution in [1.82, 2.24) is 5.32 Å². The topological polar surface area (TPSA) is 47.6 Å². The zero-order chi connectivity index (χ0) is 13.9. The lowest BCUT2D eigenvalue weighted by Gasteiger charge is -2.11. The van der Waals surface area contributed by atoms with Crippen LogP contribution in [0.5, 0.6) is 11.5 Å². The van der Waals surface area contributed by atoms with Crippen molar-refractivity contribution in [2.24, 2.45) is 0 Å². The van der Waals surface area contributed by atoms with Crippen LogP contribution in [0.4, 0.5) is 0 Å². The quantitative estimate of drug-likeness (QED) is 0.698. The summed E-state index contributed by atoms with van der Waals surface area (Å²) >= 11 is 0. The molecule has 1 aromatic rings. The van der Waals surface area contributed by atoms with Crippen LogP contribution in [-0.2, 0) is 4.79 Å². The minimum atomic E-state index is 0.0866. The Balaban J connectivity index is 2.27. The number of rotatable bonds is 9. The first-order chi connectivity index (χ1) is 9.27. The van der Waals surface area contributed by atoms with E-state index >= 15 is 0 Å². The van der Waals surface area contributed by atoms with Crippen molar-refractivity contribution < 1.29 is 14.3 Å². The molecule has 0 saturated carbocycles. The van der Waals surface area contributed by atoms with Gasteiger partial charge in [-0.2, -0.15) is 0 Å². The Morgan fingerprint density at radius 1 is 1.16 bits per heavy atom. The molecule has 0 spiro atoms. The molecule has 1 rings (SSSR count). The van der Waals surface area contributed by atoms with Crippen LogP contribution in [0.2, 0.25) is 0 Å². The van der Waals surface area contributed by atoms with Crippen LogP contribution in [0.25, 0.3) is 0 Å². The van der Waals surface area contributed by atoms with E-state index in [0.29, 0.717) is 26.1 Å². The summed E-state index contributed by atoms with van der Waals surface area (Å²) in [6.07, 6.45) is 2.16. The van der Waals surface area contributed by atoms with Crippen molar-refractivity contribution in [2.45, 2.75) is 33.1 Å². The van der Waals surface area contributed by atoms with E-state index in [-0.39, 0.29) is 5.91 Å². The van der Waals surface area contributed by atoms with Gasteiger partial charge in [0.25, 0.3) is 0 Å². The average Bonchev–Trinajstić information content (AvgIpc) is 2.43. The molecular formula is C15H23NO3. The Morgan fingerprint density at radius 3 is 2.47 bits per heavy atom. The van der Waals surface area contributed by atoms with Crippen molar-refractivity contribution >= 4 is 5.91 Å². The lowest BCUT2D eigenvalue weighted by atomic mass is 10.3. The van der Waals surface area contributed by atoms with E-state index in [1.54, 1.807) is 0 Å². The lowest BCUT2D eigenvalue weighted by molar-refractivity contribution is -0.121. The highest BCUT2D eigenvalue weighted by Gasteiger charge is 2.04. The summed E-state index contributed by atoms with van der Waals surface area (Å²) in [6.45, 7) is 5.85. The van der Waals surface area contributed by atoms with E-state index < -0.39 is 0 Å². The van der Waals surface area contributed by atoms with Gasteiger partial charge in [-0.15, -0.1) is 0 Å². The highest BCUT2D eigenvalue weighted by Crippen LogP contribution is 2.26. The highest BCUT2D eigenvalue weighted by molar-refractivity contribution is 5.75. The van der Waals surface area contributed by atoms with Gasteiger partial charge in [0.2, 0.25) is 5.91 Å². The molecule has 0 unspecified atom stereocenters. The normalized spacial score (nSPS) is 10.0. The molecule has 4 heteroatoms. The number of benzene rings is 1. The fraction of sp³-hybridized carbons (Fsp3) is 0.533. The predicted octanol–water partition coefficient (Wildman–Crippen LogP) is 2.77. The molecule has 0 fully saturated rings. The molecule has 4 nitrogen and oxygen atoms in total. The van der Waals surface area contributed by atoms with Gasteiger partial charge in [0.05, 0.1) is 13.2 Å².